The van der Waals surface area contributed by atoms with E-state index in [4.69, 9.17) is 4.43 Å². The summed E-state index contributed by atoms with van der Waals surface area (Å²) in [6, 6.07) is 1.29. The lowest BCUT2D eigenvalue weighted by Gasteiger charge is -2.32. The zero-order chi connectivity index (χ0) is 11.3. The fourth-order valence-corrected chi connectivity index (χ4v) is 3.12. The van der Waals surface area contributed by atoms with Gasteiger partial charge in [-0.2, -0.15) is 0 Å². The van der Waals surface area contributed by atoms with Gasteiger partial charge in [0.2, 0.25) is 0 Å². The van der Waals surface area contributed by atoms with Gasteiger partial charge in [0.05, 0.1) is 0 Å². The Bertz CT molecular complexity index is 179. The van der Waals surface area contributed by atoms with Gasteiger partial charge in [-0.15, -0.1) is 0 Å². The molecule has 0 aromatic carbocycles. The van der Waals surface area contributed by atoms with Gasteiger partial charge >= 0.3 is 0 Å². The van der Waals surface area contributed by atoms with E-state index in [9.17, 15) is 0 Å². The molecule has 90 valence electrons. The van der Waals surface area contributed by atoms with Crippen LogP contribution in [0.3, 0.4) is 0 Å². The van der Waals surface area contributed by atoms with Crippen LogP contribution in [0.4, 0.5) is 0 Å². The minimum atomic E-state index is -1.31. The third kappa shape index (κ3) is 5.11. The SMILES string of the molecule is CO[Si](C)(C)CCCN1CCN(C)CC1. The van der Waals surface area contributed by atoms with E-state index < -0.39 is 8.32 Å². The highest BCUT2D eigenvalue weighted by Crippen LogP contribution is 2.13. The molecule has 0 atom stereocenters. The zero-order valence-corrected chi connectivity index (χ0v) is 11.8. The second-order valence-corrected chi connectivity index (χ2v) is 9.64. The molecule has 0 N–H and O–H groups in total. The van der Waals surface area contributed by atoms with E-state index in [0.717, 1.165) is 0 Å². The predicted octanol–water partition coefficient (Wildman–Crippen LogP) is 1.48. The highest BCUT2D eigenvalue weighted by Gasteiger charge is 2.21. The van der Waals surface area contributed by atoms with Crippen molar-refractivity contribution in [1.82, 2.24) is 9.80 Å². The largest absolute Gasteiger partial charge is 0.420 e. The van der Waals surface area contributed by atoms with Gasteiger partial charge < -0.3 is 14.2 Å². The molecule has 1 rings (SSSR count). The van der Waals surface area contributed by atoms with Crippen molar-refractivity contribution in [2.24, 2.45) is 0 Å². The lowest BCUT2D eigenvalue weighted by Crippen LogP contribution is -2.45. The molecule has 0 unspecified atom stereocenters. The summed E-state index contributed by atoms with van der Waals surface area (Å²) in [5, 5.41) is 0. The lowest BCUT2D eigenvalue weighted by molar-refractivity contribution is 0.154. The predicted molar refractivity (Wildman–Crippen MR) is 67.9 cm³/mol. The average molecular weight is 230 g/mol. The van der Waals surface area contributed by atoms with Gasteiger partial charge in [0.15, 0.2) is 8.32 Å². The van der Waals surface area contributed by atoms with Crippen molar-refractivity contribution in [2.75, 3.05) is 46.9 Å². The van der Waals surface area contributed by atoms with Crippen LogP contribution in [0.1, 0.15) is 6.42 Å². The fourth-order valence-electron chi connectivity index (χ4n) is 1.90. The Morgan fingerprint density at radius 1 is 1.13 bits per heavy atom. The molecule has 1 aliphatic heterocycles. The minimum Gasteiger partial charge on any atom is -0.420 e. The molecule has 0 aliphatic carbocycles. The second kappa shape index (κ2) is 5.99. The molecule has 1 fully saturated rings. The molecule has 15 heavy (non-hydrogen) atoms. The Kier molecular flexibility index (Phi) is 5.25. The molecule has 1 aliphatic rings. The topological polar surface area (TPSA) is 15.7 Å². The van der Waals surface area contributed by atoms with Gasteiger partial charge in [0.25, 0.3) is 0 Å². The fraction of sp³-hybridized carbons (Fsp3) is 1.00. The molecule has 0 spiro atoms. The zero-order valence-electron chi connectivity index (χ0n) is 10.8. The highest BCUT2D eigenvalue weighted by molar-refractivity contribution is 6.71. The second-order valence-electron chi connectivity index (χ2n) is 5.21. The molecule has 0 aromatic heterocycles. The first-order valence-corrected chi connectivity index (χ1v) is 9.11. The summed E-state index contributed by atoms with van der Waals surface area (Å²) in [7, 11) is 2.76. The van der Waals surface area contributed by atoms with Crippen molar-refractivity contribution >= 4 is 8.32 Å². The van der Waals surface area contributed by atoms with Gasteiger partial charge in [-0.1, -0.05) is 0 Å². The maximum Gasteiger partial charge on any atom is 0.186 e. The Hall–Kier alpha value is 0.0969. The standard InChI is InChI=1S/C11H26N2OSi/c1-12-7-9-13(10-8-12)6-5-11-15(3,4)14-2/h5-11H2,1-4H3. The van der Waals surface area contributed by atoms with Gasteiger partial charge in [-0.05, 0) is 39.2 Å². The summed E-state index contributed by atoms with van der Waals surface area (Å²) in [5.41, 5.74) is 0. The Balaban J connectivity index is 2.10. The maximum absolute atomic E-state index is 5.56. The quantitative estimate of drug-likeness (QED) is 0.665. The molecule has 0 bridgehead atoms. The Morgan fingerprint density at radius 3 is 2.27 bits per heavy atom. The third-order valence-corrected chi connectivity index (χ3v) is 6.06. The lowest BCUT2D eigenvalue weighted by atomic mass is 10.3. The Labute approximate surface area is 95.5 Å². The van der Waals surface area contributed by atoms with Crippen LogP contribution in [0.5, 0.6) is 0 Å². The molecular formula is C11H26N2OSi. The minimum absolute atomic E-state index is 1.23. The van der Waals surface area contributed by atoms with Gasteiger partial charge in [0, 0.05) is 33.3 Å². The van der Waals surface area contributed by atoms with Gasteiger partial charge in [0.1, 0.15) is 0 Å². The van der Waals surface area contributed by atoms with Crippen LogP contribution in [-0.2, 0) is 4.43 Å². The van der Waals surface area contributed by atoms with E-state index in [1.807, 2.05) is 7.11 Å². The molecule has 1 heterocycles. The van der Waals surface area contributed by atoms with Crippen molar-refractivity contribution in [3.8, 4) is 0 Å². The number of nitrogens with zero attached hydrogens (tertiary/aromatic N) is 2. The van der Waals surface area contributed by atoms with E-state index in [1.165, 1.54) is 45.2 Å². The van der Waals surface area contributed by atoms with Crippen molar-refractivity contribution in [2.45, 2.75) is 25.6 Å². The number of hydrogen-bond donors (Lipinski definition) is 0. The van der Waals surface area contributed by atoms with Crippen molar-refractivity contribution in [3.05, 3.63) is 0 Å². The summed E-state index contributed by atoms with van der Waals surface area (Å²) >= 11 is 0. The first-order valence-electron chi connectivity index (χ1n) is 5.99. The third-order valence-electron chi connectivity index (χ3n) is 3.40. The molecule has 0 saturated carbocycles. The van der Waals surface area contributed by atoms with Crippen LogP contribution < -0.4 is 0 Å². The van der Waals surface area contributed by atoms with Crippen LogP contribution in [0.2, 0.25) is 19.1 Å². The molecule has 4 heteroatoms. The summed E-state index contributed by atoms with van der Waals surface area (Å²) < 4.78 is 5.56. The molecule has 0 aromatic rings. The van der Waals surface area contributed by atoms with E-state index in [0.29, 0.717) is 0 Å². The Morgan fingerprint density at radius 2 is 1.73 bits per heavy atom. The van der Waals surface area contributed by atoms with Crippen molar-refractivity contribution in [3.63, 3.8) is 0 Å². The molecule has 0 amide bonds. The number of rotatable bonds is 5. The first kappa shape index (κ1) is 13.2. The van der Waals surface area contributed by atoms with E-state index in [-0.39, 0.29) is 0 Å². The number of piperazine rings is 1. The van der Waals surface area contributed by atoms with Crippen molar-refractivity contribution < 1.29 is 4.43 Å². The average Bonchev–Trinajstić information content (AvgIpc) is 2.21. The maximum atomic E-state index is 5.56. The normalized spacial score (nSPS) is 20.8. The molecular weight excluding hydrogens is 204 g/mol. The monoisotopic (exact) mass is 230 g/mol. The first-order chi connectivity index (χ1) is 7.03. The number of likely N-dealkylation sites (N-methyl/N-ethyl adjacent to an activating group) is 1. The van der Waals surface area contributed by atoms with Gasteiger partial charge in [-0.25, -0.2) is 0 Å². The molecule has 0 radical (unpaired) electrons. The van der Waals surface area contributed by atoms with E-state index >= 15 is 0 Å². The van der Waals surface area contributed by atoms with E-state index in [2.05, 4.69) is 29.9 Å². The number of hydrogen-bond acceptors (Lipinski definition) is 3. The van der Waals surface area contributed by atoms with Gasteiger partial charge in [-0.3, -0.25) is 0 Å². The van der Waals surface area contributed by atoms with Crippen LogP contribution in [0.15, 0.2) is 0 Å². The molecule has 3 nitrogen and oxygen atoms in total. The summed E-state index contributed by atoms with van der Waals surface area (Å²) in [6.45, 7) is 10.8. The van der Waals surface area contributed by atoms with Crippen LogP contribution in [0, 0.1) is 0 Å². The van der Waals surface area contributed by atoms with Crippen LogP contribution >= 0.6 is 0 Å². The molecule has 1 saturated heterocycles. The summed E-state index contributed by atoms with van der Waals surface area (Å²) in [4.78, 5) is 4.99. The van der Waals surface area contributed by atoms with E-state index in [1.54, 1.807) is 0 Å². The summed E-state index contributed by atoms with van der Waals surface area (Å²) in [6.07, 6.45) is 1.30. The van der Waals surface area contributed by atoms with Crippen LogP contribution in [-0.4, -0.2) is 65.0 Å². The smallest absolute Gasteiger partial charge is 0.186 e. The summed E-state index contributed by atoms with van der Waals surface area (Å²) in [5.74, 6) is 0. The van der Waals surface area contributed by atoms with Crippen molar-refractivity contribution in [1.29, 1.82) is 0 Å². The van der Waals surface area contributed by atoms with Crippen LogP contribution in [0.25, 0.3) is 0 Å². The highest BCUT2D eigenvalue weighted by atomic mass is 28.4.